The van der Waals surface area contributed by atoms with Crippen molar-refractivity contribution < 1.29 is 9.47 Å². The molecule has 4 rings (SSSR count). The molecule has 1 aromatic heterocycles. The second kappa shape index (κ2) is 7.56. The number of hydrogen-bond acceptors (Lipinski definition) is 5. The van der Waals surface area contributed by atoms with E-state index in [9.17, 15) is 0 Å². The van der Waals surface area contributed by atoms with Crippen LogP contribution in [0.5, 0.6) is 11.5 Å². The van der Waals surface area contributed by atoms with E-state index in [4.69, 9.17) is 21.1 Å². The van der Waals surface area contributed by atoms with Crippen molar-refractivity contribution in [1.82, 2.24) is 9.97 Å². The Morgan fingerprint density at radius 1 is 1.08 bits per heavy atom. The average Bonchev–Trinajstić information content (AvgIpc) is 2.66. The summed E-state index contributed by atoms with van der Waals surface area (Å²) in [6.45, 7) is 2.50. The van der Waals surface area contributed by atoms with Gasteiger partial charge >= 0.3 is 0 Å². The van der Waals surface area contributed by atoms with Gasteiger partial charge in [-0.15, -0.1) is 0 Å². The molecule has 2 aromatic carbocycles. The number of nitrogens with zero attached hydrogens (tertiary/aromatic N) is 2. The monoisotopic (exact) mass is 384 g/mol. The summed E-state index contributed by atoms with van der Waals surface area (Å²) in [5.41, 5.74) is 2.84. The van der Waals surface area contributed by atoms with E-state index in [1.54, 1.807) is 11.8 Å². The van der Waals surface area contributed by atoms with Crippen LogP contribution in [0.3, 0.4) is 0 Å². The highest BCUT2D eigenvalue weighted by Crippen LogP contribution is 2.32. The van der Waals surface area contributed by atoms with Crippen LogP contribution in [0, 0.1) is 6.92 Å². The molecule has 1 atom stereocenters. The number of thioether (sulfide) groups is 1. The van der Waals surface area contributed by atoms with Crippen molar-refractivity contribution in [2.75, 3.05) is 12.4 Å². The van der Waals surface area contributed by atoms with Gasteiger partial charge in [-0.2, -0.15) is 0 Å². The van der Waals surface area contributed by atoms with E-state index in [1.807, 2.05) is 61.5 Å². The molecule has 0 aliphatic carbocycles. The highest BCUT2D eigenvalue weighted by molar-refractivity contribution is 7.99. The van der Waals surface area contributed by atoms with E-state index in [1.165, 1.54) is 0 Å². The molecule has 1 aliphatic rings. The molecule has 1 unspecified atom stereocenters. The Morgan fingerprint density at radius 3 is 2.65 bits per heavy atom. The van der Waals surface area contributed by atoms with Crippen LogP contribution in [0.15, 0.2) is 59.8 Å². The number of halogens is 1. The molecule has 6 heteroatoms. The zero-order valence-corrected chi connectivity index (χ0v) is 15.8. The maximum absolute atomic E-state index is 6.00. The fourth-order valence-corrected chi connectivity index (χ4v) is 3.68. The first-order valence-electron chi connectivity index (χ1n) is 8.30. The van der Waals surface area contributed by atoms with Gasteiger partial charge in [0.25, 0.3) is 0 Å². The van der Waals surface area contributed by atoms with Crippen molar-refractivity contribution in [2.24, 2.45) is 0 Å². The van der Waals surface area contributed by atoms with E-state index in [0.717, 1.165) is 39.4 Å². The molecule has 0 bridgehead atoms. The van der Waals surface area contributed by atoms with Crippen molar-refractivity contribution in [3.05, 3.63) is 65.3 Å². The number of rotatable bonds is 4. The third-order valence-corrected chi connectivity index (χ3v) is 5.17. The SMILES string of the molecule is Cc1cc(-c2ccc(Cl)cc2)nc(SCC2COc3ccccc3O2)n1. The van der Waals surface area contributed by atoms with E-state index >= 15 is 0 Å². The van der Waals surface area contributed by atoms with Gasteiger partial charge in [-0.3, -0.25) is 0 Å². The average molecular weight is 385 g/mol. The molecule has 0 saturated heterocycles. The van der Waals surface area contributed by atoms with Crippen molar-refractivity contribution in [2.45, 2.75) is 18.2 Å². The molecular weight excluding hydrogens is 368 g/mol. The summed E-state index contributed by atoms with van der Waals surface area (Å²) in [6.07, 6.45) is -0.0296. The van der Waals surface area contributed by atoms with Crippen molar-refractivity contribution >= 4 is 23.4 Å². The van der Waals surface area contributed by atoms with Crippen molar-refractivity contribution in [3.63, 3.8) is 0 Å². The molecule has 0 N–H and O–H groups in total. The Labute approximate surface area is 161 Å². The molecule has 1 aliphatic heterocycles. The predicted octanol–water partition coefficient (Wildman–Crippen LogP) is 5.04. The van der Waals surface area contributed by atoms with E-state index in [0.29, 0.717) is 11.6 Å². The van der Waals surface area contributed by atoms with Crippen LogP contribution in [0.1, 0.15) is 5.69 Å². The number of para-hydroxylation sites is 2. The van der Waals surface area contributed by atoms with E-state index in [2.05, 4.69) is 9.97 Å². The number of aromatic nitrogens is 2. The minimum absolute atomic E-state index is 0.0296. The molecule has 0 spiro atoms. The molecule has 0 radical (unpaired) electrons. The summed E-state index contributed by atoms with van der Waals surface area (Å²) in [5.74, 6) is 2.31. The van der Waals surface area contributed by atoms with Crippen LogP contribution in [0.2, 0.25) is 5.02 Å². The molecule has 4 nitrogen and oxygen atoms in total. The molecular formula is C20H17ClN2O2S. The summed E-state index contributed by atoms with van der Waals surface area (Å²) in [4.78, 5) is 9.21. The van der Waals surface area contributed by atoms with Crippen LogP contribution >= 0.6 is 23.4 Å². The van der Waals surface area contributed by atoms with Crippen LogP contribution in [0.25, 0.3) is 11.3 Å². The second-order valence-electron chi connectivity index (χ2n) is 5.99. The minimum Gasteiger partial charge on any atom is -0.486 e. The Hall–Kier alpha value is -2.24. The maximum atomic E-state index is 6.00. The van der Waals surface area contributed by atoms with Crippen LogP contribution in [-0.2, 0) is 0 Å². The molecule has 2 heterocycles. The summed E-state index contributed by atoms with van der Waals surface area (Å²) in [6, 6.07) is 17.4. The van der Waals surface area contributed by atoms with Crippen LogP contribution in [0.4, 0.5) is 0 Å². The minimum atomic E-state index is -0.0296. The van der Waals surface area contributed by atoms with Gasteiger partial charge < -0.3 is 9.47 Å². The van der Waals surface area contributed by atoms with Gasteiger partial charge in [0.2, 0.25) is 0 Å². The Morgan fingerprint density at radius 2 is 1.85 bits per heavy atom. The summed E-state index contributed by atoms with van der Waals surface area (Å²) in [5, 5.41) is 1.45. The van der Waals surface area contributed by atoms with E-state index in [-0.39, 0.29) is 6.10 Å². The first-order chi connectivity index (χ1) is 12.7. The molecule has 26 heavy (non-hydrogen) atoms. The van der Waals surface area contributed by atoms with Gasteiger partial charge in [0.05, 0.1) is 5.69 Å². The van der Waals surface area contributed by atoms with Crippen molar-refractivity contribution in [1.29, 1.82) is 0 Å². The van der Waals surface area contributed by atoms with Gasteiger partial charge in [-0.05, 0) is 37.3 Å². The third-order valence-electron chi connectivity index (χ3n) is 3.94. The normalized spacial score (nSPS) is 15.7. The molecule has 0 fully saturated rings. The van der Waals surface area contributed by atoms with E-state index < -0.39 is 0 Å². The number of fused-ring (bicyclic) bond motifs is 1. The first-order valence-corrected chi connectivity index (χ1v) is 9.66. The number of benzene rings is 2. The van der Waals surface area contributed by atoms with Gasteiger partial charge in [0.1, 0.15) is 12.7 Å². The zero-order chi connectivity index (χ0) is 17.9. The Bertz CT molecular complexity index is 918. The molecule has 132 valence electrons. The fourth-order valence-electron chi connectivity index (χ4n) is 2.69. The highest BCUT2D eigenvalue weighted by Gasteiger charge is 2.21. The summed E-state index contributed by atoms with van der Waals surface area (Å²) in [7, 11) is 0. The summed E-state index contributed by atoms with van der Waals surface area (Å²) < 4.78 is 11.8. The largest absolute Gasteiger partial charge is 0.486 e. The molecule has 3 aromatic rings. The smallest absolute Gasteiger partial charge is 0.188 e. The van der Waals surface area contributed by atoms with Crippen LogP contribution < -0.4 is 9.47 Å². The molecule has 0 amide bonds. The lowest BCUT2D eigenvalue weighted by molar-refractivity contribution is 0.107. The lowest BCUT2D eigenvalue weighted by Gasteiger charge is -2.25. The Kier molecular flexibility index (Phi) is 5.00. The predicted molar refractivity (Wildman–Crippen MR) is 104 cm³/mol. The van der Waals surface area contributed by atoms with Gasteiger partial charge in [-0.25, -0.2) is 9.97 Å². The second-order valence-corrected chi connectivity index (χ2v) is 7.42. The van der Waals surface area contributed by atoms with Crippen LogP contribution in [-0.4, -0.2) is 28.4 Å². The third kappa shape index (κ3) is 3.94. The lowest BCUT2D eigenvalue weighted by atomic mass is 10.1. The highest BCUT2D eigenvalue weighted by atomic mass is 35.5. The fraction of sp³-hybridized carbons (Fsp3) is 0.200. The zero-order valence-electron chi connectivity index (χ0n) is 14.2. The molecule has 0 saturated carbocycles. The van der Waals surface area contributed by atoms with Gasteiger partial charge in [0.15, 0.2) is 16.7 Å². The number of ether oxygens (including phenoxy) is 2. The topological polar surface area (TPSA) is 44.2 Å². The summed E-state index contributed by atoms with van der Waals surface area (Å²) >= 11 is 7.55. The van der Waals surface area contributed by atoms with Gasteiger partial charge in [0, 0.05) is 22.0 Å². The maximum Gasteiger partial charge on any atom is 0.188 e. The first kappa shape index (κ1) is 17.2. The van der Waals surface area contributed by atoms with Gasteiger partial charge in [-0.1, -0.05) is 47.6 Å². The quantitative estimate of drug-likeness (QED) is 0.466. The van der Waals surface area contributed by atoms with Crippen molar-refractivity contribution in [3.8, 4) is 22.8 Å². The standard InChI is InChI=1S/C20H17ClN2O2S/c1-13-10-17(14-6-8-15(21)9-7-14)23-20(22-13)26-12-16-11-24-18-4-2-3-5-19(18)25-16/h2-10,16H,11-12H2,1H3. The number of aryl methyl sites for hydroxylation is 1. The lowest BCUT2D eigenvalue weighted by Crippen LogP contribution is -2.31. The Balaban J connectivity index is 1.46. The number of hydrogen-bond donors (Lipinski definition) is 0.